The number of rotatable bonds is 8. The summed E-state index contributed by atoms with van der Waals surface area (Å²) in [5.41, 5.74) is 1.88. The van der Waals surface area contributed by atoms with Crippen LogP contribution in [-0.2, 0) is 17.8 Å². The molecule has 0 atom stereocenters. The van der Waals surface area contributed by atoms with Crippen LogP contribution in [0.3, 0.4) is 0 Å². The Morgan fingerprint density at radius 2 is 1.79 bits per heavy atom. The molecule has 0 aliphatic heterocycles. The van der Waals surface area contributed by atoms with Gasteiger partial charge in [0.25, 0.3) is 5.56 Å². The van der Waals surface area contributed by atoms with E-state index in [1.165, 1.54) is 4.68 Å². The van der Waals surface area contributed by atoms with Crippen molar-refractivity contribution in [1.29, 1.82) is 0 Å². The van der Waals surface area contributed by atoms with Gasteiger partial charge >= 0.3 is 0 Å². The predicted octanol–water partition coefficient (Wildman–Crippen LogP) is 2.34. The molecule has 0 radical (unpaired) electrons. The van der Waals surface area contributed by atoms with Crippen molar-refractivity contribution in [2.24, 2.45) is 0 Å². The molecule has 33 heavy (non-hydrogen) atoms. The molecule has 1 amide bonds. The Kier molecular flexibility index (Phi) is 6.21. The number of hydrogen-bond acceptors (Lipinski definition) is 6. The number of carbonyl (C=O) groups is 1. The number of methoxy groups -OCH3 is 3. The fraction of sp³-hybridized carbons (Fsp3) is 0.292. The molecule has 0 spiro atoms. The van der Waals surface area contributed by atoms with Crippen molar-refractivity contribution in [2.45, 2.75) is 19.9 Å². The average molecular weight is 450 g/mol. The van der Waals surface area contributed by atoms with Gasteiger partial charge in [-0.15, -0.1) is 0 Å². The van der Waals surface area contributed by atoms with E-state index in [2.05, 4.69) is 10.4 Å². The zero-order valence-corrected chi connectivity index (χ0v) is 19.0. The summed E-state index contributed by atoms with van der Waals surface area (Å²) in [7, 11) is 4.77. The third-order valence-electron chi connectivity index (χ3n) is 5.57. The van der Waals surface area contributed by atoms with Gasteiger partial charge in [0.2, 0.25) is 5.91 Å². The molecule has 9 nitrogen and oxygen atoms in total. The molecular weight excluding hydrogens is 424 g/mol. The van der Waals surface area contributed by atoms with Crippen LogP contribution in [0.1, 0.15) is 11.4 Å². The van der Waals surface area contributed by atoms with Crippen LogP contribution >= 0.6 is 0 Å². The number of benzene rings is 2. The van der Waals surface area contributed by atoms with E-state index in [9.17, 15) is 9.59 Å². The van der Waals surface area contributed by atoms with E-state index < -0.39 is 0 Å². The standard InChI is InChI=1S/C24H26N4O5/c1-15-26-27(24(30)20-13-18-19(28(15)20)6-5-7-21(18)32-3)14-23(29)25-11-10-16-8-9-17(31-2)12-22(16)33-4/h5-9,12-13H,10-11,14H2,1-4H3,(H,25,29). The number of aromatic nitrogens is 3. The maximum Gasteiger partial charge on any atom is 0.291 e. The van der Waals surface area contributed by atoms with Crippen LogP contribution in [0, 0.1) is 6.92 Å². The molecule has 1 N–H and O–H groups in total. The summed E-state index contributed by atoms with van der Waals surface area (Å²) in [6.07, 6.45) is 0.573. The van der Waals surface area contributed by atoms with Crippen LogP contribution in [0.15, 0.2) is 47.3 Å². The Hall–Kier alpha value is -4.01. The number of ether oxygens (including phenoxy) is 3. The van der Waals surface area contributed by atoms with Crippen molar-refractivity contribution in [3.63, 3.8) is 0 Å². The van der Waals surface area contributed by atoms with E-state index in [-0.39, 0.29) is 18.0 Å². The van der Waals surface area contributed by atoms with Crippen molar-refractivity contribution < 1.29 is 19.0 Å². The highest BCUT2D eigenvalue weighted by atomic mass is 16.5. The van der Waals surface area contributed by atoms with E-state index in [0.717, 1.165) is 16.5 Å². The van der Waals surface area contributed by atoms with Gasteiger partial charge in [-0.3, -0.25) is 14.0 Å². The Morgan fingerprint density at radius 3 is 2.52 bits per heavy atom. The summed E-state index contributed by atoms with van der Waals surface area (Å²) in [5.74, 6) is 2.37. The summed E-state index contributed by atoms with van der Waals surface area (Å²) >= 11 is 0. The largest absolute Gasteiger partial charge is 0.497 e. The van der Waals surface area contributed by atoms with E-state index >= 15 is 0 Å². The number of amides is 1. The molecule has 9 heteroatoms. The second-order valence-corrected chi connectivity index (χ2v) is 7.55. The fourth-order valence-electron chi connectivity index (χ4n) is 3.98. The number of fused-ring (bicyclic) bond motifs is 3. The molecule has 172 valence electrons. The average Bonchev–Trinajstić information content (AvgIpc) is 3.23. The fourth-order valence-corrected chi connectivity index (χ4v) is 3.98. The molecule has 0 fully saturated rings. The summed E-state index contributed by atoms with van der Waals surface area (Å²) < 4.78 is 19.0. The summed E-state index contributed by atoms with van der Waals surface area (Å²) in [5, 5.41) is 8.03. The smallest absolute Gasteiger partial charge is 0.291 e. The molecule has 0 saturated heterocycles. The molecule has 0 aliphatic carbocycles. The van der Waals surface area contributed by atoms with Crippen LogP contribution in [0.5, 0.6) is 17.2 Å². The summed E-state index contributed by atoms with van der Waals surface area (Å²) in [4.78, 5) is 25.6. The Morgan fingerprint density at radius 1 is 1.00 bits per heavy atom. The normalized spacial score (nSPS) is 11.0. The first-order valence-electron chi connectivity index (χ1n) is 10.5. The molecular formula is C24H26N4O5. The molecule has 4 aromatic rings. The Balaban J connectivity index is 1.51. The van der Waals surface area contributed by atoms with Gasteiger partial charge in [0.1, 0.15) is 35.1 Å². The zero-order valence-electron chi connectivity index (χ0n) is 19.0. The lowest BCUT2D eigenvalue weighted by atomic mass is 10.1. The van der Waals surface area contributed by atoms with Gasteiger partial charge < -0.3 is 19.5 Å². The molecule has 0 aliphatic rings. The van der Waals surface area contributed by atoms with Gasteiger partial charge in [0, 0.05) is 18.0 Å². The highest BCUT2D eigenvalue weighted by molar-refractivity contribution is 5.92. The SMILES string of the molecule is COc1ccc(CCNC(=O)Cn2nc(C)n3c(cc4c(OC)cccc43)c2=O)c(OC)c1. The van der Waals surface area contributed by atoms with E-state index in [1.54, 1.807) is 44.8 Å². The minimum absolute atomic E-state index is 0.172. The third-order valence-corrected chi connectivity index (χ3v) is 5.57. The molecule has 4 rings (SSSR count). The second-order valence-electron chi connectivity index (χ2n) is 7.55. The van der Waals surface area contributed by atoms with Gasteiger partial charge in [-0.05, 0) is 43.2 Å². The summed E-state index contributed by atoms with van der Waals surface area (Å²) in [6, 6.07) is 12.9. The van der Waals surface area contributed by atoms with Crippen LogP contribution in [0.2, 0.25) is 0 Å². The van der Waals surface area contributed by atoms with Gasteiger partial charge in [0.15, 0.2) is 0 Å². The molecule has 2 aromatic carbocycles. The van der Waals surface area contributed by atoms with Crippen molar-refractivity contribution in [3.8, 4) is 17.2 Å². The van der Waals surface area contributed by atoms with E-state index in [4.69, 9.17) is 14.2 Å². The number of nitrogens with zero attached hydrogens (tertiary/aromatic N) is 3. The first-order valence-corrected chi connectivity index (χ1v) is 10.5. The quantitative estimate of drug-likeness (QED) is 0.443. The lowest BCUT2D eigenvalue weighted by Crippen LogP contribution is -2.35. The molecule has 0 saturated carbocycles. The lowest BCUT2D eigenvalue weighted by molar-refractivity contribution is -0.121. The molecule has 2 aromatic heterocycles. The van der Waals surface area contributed by atoms with Gasteiger partial charge in [-0.2, -0.15) is 5.10 Å². The van der Waals surface area contributed by atoms with Crippen LogP contribution in [-0.4, -0.2) is 48.0 Å². The Bertz CT molecular complexity index is 1390. The maximum absolute atomic E-state index is 13.1. The minimum Gasteiger partial charge on any atom is -0.497 e. The molecule has 0 bridgehead atoms. The number of hydrogen-bond donors (Lipinski definition) is 1. The van der Waals surface area contributed by atoms with Crippen molar-refractivity contribution in [3.05, 3.63) is 64.2 Å². The van der Waals surface area contributed by atoms with Gasteiger partial charge in [0.05, 0.1) is 26.8 Å². The van der Waals surface area contributed by atoms with E-state index in [0.29, 0.717) is 41.6 Å². The first-order chi connectivity index (χ1) is 16.0. The maximum atomic E-state index is 13.1. The van der Waals surface area contributed by atoms with Gasteiger partial charge in [-0.1, -0.05) is 12.1 Å². The van der Waals surface area contributed by atoms with Crippen LogP contribution in [0.25, 0.3) is 16.4 Å². The van der Waals surface area contributed by atoms with Crippen LogP contribution < -0.4 is 25.1 Å². The van der Waals surface area contributed by atoms with Gasteiger partial charge in [-0.25, -0.2) is 4.68 Å². The van der Waals surface area contributed by atoms with Crippen molar-refractivity contribution in [2.75, 3.05) is 27.9 Å². The number of carbonyl (C=O) groups excluding carboxylic acids is 1. The summed E-state index contributed by atoms with van der Waals surface area (Å²) in [6.45, 7) is 2.02. The zero-order chi connectivity index (χ0) is 23.5. The van der Waals surface area contributed by atoms with Crippen molar-refractivity contribution >= 4 is 22.3 Å². The lowest BCUT2D eigenvalue weighted by Gasteiger charge is -2.12. The first kappa shape index (κ1) is 22.2. The van der Waals surface area contributed by atoms with E-state index in [1.807, 2.05) is 30.3 Å². The second kappa shape index (κ2) is 9.23. The molecule has 2 heterocycles. The predicted molar refractivity (Wildman–Crippen MR) is 125 cm³/mol. The van der Waals surface area contributed by atoms with Crippen molar-refractivity contribution in [1.82, 2.24) is 19.5 Å². The monoisotopic (exact) mass is 450 g/mol. The Labute approximate surface area is 190 Å². The molecule has 0 unspecified atom stereocenters. The third kappa shape index (κ3) is 4.21. The highest BCUT2D eigenvalue weighted by Gasteiger charge is 2.16. The number of nitrogens with one attached hydrogen (secondary N) is 1. The topological polar surface area (TPSA) is 96.1 Å². The highest BCUT2D eigenvalue weighted by Crippen LogP contribution is 2.28. The minimum atomic E-state index is -0.342. The number of aryl methyl sites for hydroxylation is 1. The van der Waals surface area contributed by atoms with Crippen LogP contribution in [0.4, 0.5) is 0 Å².